The highest BCUT2D eigenvalue weighted by atomic mass is 17.2. The molecule has 0 saturated carbocycles. The number of carbonyl (C=O) groups excluding carboxylic acids is 2. The molecular weight excluding hydrogens is 528 g/mol. The van der Waals surface area contributed by atoms with Crippen molar-refractivity contribution in [3.8, 4) is 11.5 Å². The molecule has 0 atom stereocenters. The van der Waals surface area contributed by atoms with Crippen LogP contribution in [-0.4, -0.2) is 25.2 Å². The van der Waals surface area contributed by atoms with Gasteiger partial charge in [-0.1, -0.05) is 127 Å². The van der Waals surface area contributed by atoms with E-state index in [-0.39, 0.29) is 0 Å². The Labute approximate surface area is 252 Å². The van der Waals surface area contributed by atoms with Crippen molar-refractivity contribution in [3.63, 3.8) is 0 Å². The average Bonchev–Trinajstić information content (AvgIpc) is 3.04. The molecule has 6 heteroatoms. The molecular formula is C36H48O6. The predicted octanol–water partition coefficient (Wildman–Crippen LogP) is 9.78. The Kier molecular flexibility index (Phi) is 18.7. The highest BCUT2D eigenvalue weighted by molar-refractivity contribution is 6.03. The van der Waals surface area contributed by atoms with Crippen LogP contribution in [0.15, 0.2) is 84.9 Å². The predicted molar refractivity (Wildman–Crippen MR) is 168 cm³/mol. The highest BCUT2D eigenvalue weighted by Gasteiger charge is 2.18. The van der Waals surface area contributed by atoms with Gasteiger partial charge in [-0.15, -0.1) is 0 Å². The summed E-state index contributed by atoms with van der Waals surface area (Å²) < 4.78 is 10.7. The molecule has 0 saturated heterocycles. The third-order valence-corrected chi connectivity index (χ3v) is 6.55. The Morgan fingerprint density at radius 1 is 0.452 bits per heavy atom. The van der Waals surface area contributed by atoms with E-state index in [1.807, 2.05) is 60.7 Å². The van der Waals surface area contributed by atoms with Crippen molar-refractivity contribution in [2.24, 2.45) is 0 Å². The topological polar surface area (TPSA) is 71.1 Å². The number of benzene rings is 3. The van der Waals surface area contributed by atoms with Gasteiger partial charge < -0.3 is 9.47 Å². The Balaban J connectivity index is 0.000000363. The van der Waals surface area contributed by atoms with Gasteiger partial charge in [0.05, 0.1) is 24.3 Å². The molecule has 42 heavy (non-hydrogen) atoms. The first-order valence-electron chi connectivity index (χ1n) is 15.5. The zero-order valence-corrected chi connectivity index (χ0v) is 25.4. The number of carbonyl (C=O) groups is 2. The van der Waals surface area contributed by atoms with Gasteiger partial charge in [-0.25, -0.2) is 9.59 Å². The summed E-state index contributed by atoms with van der Waals surface area (Å²) in [6.45, 7) is 5.17. The van der Waals surface area contributed by atoms with E-state index in [1.165, 1.54) is 51.4 Å². The van der Waals surface area contributed by atoms with Crippen molar-refractivity contribution in [3.05, 3.63) is 96.1 Å². The standard InChI is InChI=1S/C24H38O4.C12H10O2/c1-3-5-7-9-11-15-19-27-23(25)21-17-13-14-18-22(21)24(26)28-20-16-12-10-8-6-4-2;1-3-7-11(8-4-1)13-14-12-9-5-2-6-10-12/h13-14,17-18H,3-12,15-16,19-20H2,1-2H3;1-10H. The quantitative estimate of drug-likeness (QED) is 0.0612. The Hall–Kier alpha value is -3.80. The van der Waals surface area contributed by atoms with E-state index in [9.17, 15) is 9.59 Å². The molecule has 0 radical (unpaired) electrons. The second-order valence-electron chi connectivity index (χ2n) is 10.1. The van der Waals surface area contributed by atoms with Crippen LogP contribution in [0.4, 0.5) is 0 Å². The van der Waals surface area contributed by atoms with Crippen molar-refractivity contribution >= 4 is 11.9 Å². The third-order valence-electron chi connectivity index (χ3n) is 6.55. The van der Waals surface area contributed by atoms with Crippen LogP contribution >= 0.6 is 0 Å². The maximum Gasteiger partial charge on any atom is 0.339 e. The van der Waals surface area contributed by atoms with Gasteiger partial charge in [0.1, 0.15) is 0 Å². The summed E-state index contributed by atoms with van der Waals surface area (Å²) in [4.78, 5) is 34.9. The lowest BCUT2D eigenvalue weighted by atomic mass is 10.1. The van der Waals surface area contributed by atoms with Crippen molar-refractivity contribution in [1.82, 2.24) is 0 Å². The summed E-state index contributed by atoms with van der Waals surface area (Å²) in [6.07, 6.45) is 13.6. The SMILES string of the molecule is CCCCCCCCOC(=O)c1ccccc1C(=O)OCCCCCCCC.c1ccc(OOc2ccccc2)cc1. The Morgan fingerprint density at radius 2 is 0.786 bits per heavy atom. The molecule has 0 aliphatic rings. The number of para-hydroxylation sites is 2. The van der Waals surface area contributed by atoms with Crippen LogP contribution in [0.2, 0.25) is 0 Å². The maximum absolute atomic E-state index is 12.4. The van der Waals surface area contributed by atoms with Gasteiger partial charge in [-0.3, -0.25) is 9.78 Å². The van der Waals surface area contributed by atoms with Crippen LogP contribution < -0.4 is 9.78 Å². The molecule has 0 amide bonds. The number of rotatable bonds is 19. The fourth-order valence-electron chi connectivity index (χ4n) is 4.14. The lowest BCUT2D eigenvalue weighted by molar-refractivity contribution is -0.0999. The minimum absolute atomic E-state index is 0.293. The number of hydrogen-bond donors (Lipinski definition) is 0. The van der Waals surface area contributed by atoms with E-state index in [4.69, 9.17) is 19.2 Å². The van der Waals surface area contributed by atoms with Crippen LogP contribution in [0, 0.1) is 0 Å². The van der Waals surface area contributed by atoms with Gasteiger partial charge in [-0.05, 0) is 49.2 Å². The van der Waals surface area contributed by atoms with E-state index >= 15 is 0 Å². The molecule has 6 nitrogen and oxygen atoms in total. The number of hydrogen-bond acceptors (Lipinski definition) is 6. The Bertz CT molecular complexity index is 1010. The van der Waals surface area contributed by atoms with Crippen molar-refractivity contribution in [2.75, 3.05) is 13.2 Å². The molecule has 228 valence electrons. The summed E-state index contributed by atoms with van der Waals surface area (Å²) in [7, 11) is 0. The summed E-state index contributed by atoms with van der Waals surface area (Å²) in [5, 5.41) is 0. The first kappa shape index (κ1) is 34.4. The Morgan fingerprint density at radius 3 is 1.17 bits per heavy atom. The lowest BCUT2D eigenvalue weighted by Crippen LogP contribution is -2.15. The van der Waals surface area contributed by atoms with E-state index in [1.54, 1.807) is 24.3 Å². The number of ether oxygens (including phenoxy) is 2. The summed E-state index contributed by atoms with van der Waals surface area (Å²) >= 11 is 0. The molecule has 0 aliphatic heterocycles. The summed E-state index contributed by atoms with van der Waals surface area (Å²) in [5.74, 6) is 0.494. The van der Waals surface area contributed by atoms with E-state index < -0.39 is 11.9 Å². The van der Waals surface area contributed by atoms with Gasteiger partial charge in [0, 0.05) is 0 Å². The van der Waals surface area contributed by atoms with Crippen molar-refractivity contribution in [2.45, 2.75) is 90.9 Å². The zero-order chi connectivity index (χ0) is 30.1. The molecule has 0 fully saturated rings. The first-order chi connectivity index (χ1) is 20.7. The largest absolute Gasteiger partial charge is 0.462 e. The van der Waals surface area contributed by atoms with Gasteiger partial charge in [0.25, 0.3) is 0 Å². The molecule has 0 heterocycles. The monoisotopic (exact) mass is 576 g/mol. The van der Waals surface area contributed by atoms with E-state index in [0.717, 1.165) is 25.7 Å². The van der Waals surface area contributed by atoms with E-state index in [0.29, 0.717) is 35.8 Å². The van der Waals surface area contributed by atoms with E-state index in [2.05, 4.69) is 13.8 Å². The van der Waals surface area contributed by atoms with Crippen LogP contribution in [0.25, 0.3) is 0 Å². The van der Waals surface area contributed by atoms with Gasteiger partial charge >= 0.3 is 11.9 Å². The fraction of sp³-hybridized carbons (Fsp3) is 0.444. The normalized spacial score (nSPS) is 10.2. The molecule has 0 spiro atoms. The molecule has 0 aliphatic carbocycles. The second kappa shape index (κ2) is 22.8. The van der Waals surface area contributed by atoms with Crippen molar-refractivity contribution in [1.29, 1.82) is 0 Å². The minimum Gasteiger partial charge on any atom is -0.462 e. The second-order valence-corrected chi connectivity index (χ2v) is 10.1. The molecule has 3 rings (SSSR count). The first-order valence-corrected chi connectivity index (χ1v) is 15.5. The zero-order valence-electron chi connectivity index (χ0n) is 25.4. The number of esters is 2. The smallest absolute Gasteiger partial charge is 0.339 e. The highest BCUT2D eigenvalue weighted by Crippen LogP contribution is 2.15. The average molecular weight is 577 g/mol. The summed E-state index contributed by atoms with van der Waals surface area (Å²) in [6, 6.07) is 25.5. The number of unbranched alkanes of at least 4 members (excludes halogenated alkanes) is 10. The lowest BCUT2D eigenvalue weighted by Gasteiger charge is -2.10. The molecule has 0 bridgehead atoms. The van der Waals surface area contributed by atoms with Gasteiger partial charge in [-0.2, -0.15) is 0 Å². The molecule has 0 aromatic heterocycles. The van der Waals surface area contributed by atoms with Crippen molar-refractivity contribution < 1.29 is 28.8 Å². The minimum atomic E-state index is -0.444. The van der Waals surface area contributed by atoms with Crippen LogP contribution in [0.1, 0.15) is 112 Å². The molecule has 3 aromatic carbocycles. The van der Waals surface area contributed by atoms with Gasteiger partial charge in [0.2, 0.25) is 0 Å². The van der Waals surface area contributed by atoms with Crippen LogP contribution in [0.5, 0.6) is 11.5 Å². The molecule has 0 N–H and O–H groups in total. The molecule has 0 unspecified atom stereocenters. The third kappa shape index (κ3) is 15.3. The van der Waals surface area contributed by atoms with Crippen LogP contribution in [0.3, 0.4) is 0 Å². The van der Waals surface area contributed by atoms with Gasteiger partial charge in [0.15, 0.2) is 11.5 Å². The fourth-order valence-corrected chi connectivity index (χ4v) is 4.14. The van der Waals surface area contributed by atoms with Crippen LogP contribution in [-0.2, 0) is 9.47 Å². The summed E-state index contributed by atoms with van der Waals surface area (Å²) in [5.41, 5.74) is 0.586. The molecule has 3 aromatic rings. The maximum atomic E-state index is 12.4.